The SMILES string of the molecule is COc1cc(CNC(=O)C2CCCN(Cc3nc(-c4cccc(Cl)c4)no3)C2)ccc1OC(C)C. The largest absolute Gasteiger partial charge is 0.493 e. The number of carbonyl (C=O) groups is 1. The van der Waals surface area contributed by atoms with Crippen LogP contribution in [0.15, 0.2) is 47.0 Å². The standard InChI is InChI=1S/C26H31ClN4O4/c1-17(2)34-22-10-9-18(12-23(22)33-3)14-28-26(32)20-7-5-11-31(15-20)16-24-29-25(30-35-24)19-6-4-8-21(27)13-19/h4,6,8-10,12-13,17,20H,5,7,11,14-16H2,1-3H3,(H,28,32). The minimum atomic E-state index is -0.0930. The Morgan fingerprint density at radius 1 is 1.26 bits per heavy atom. The second-order valence-corrected chi connectivity index (χ2v) is 9.40. The zero-order chi connectivity index (χ0) is 24.8. The van der Waals surface area contributed by atoms with Gasteiger partial charge in [-0.3, -0.25) is 9.69 Å². The molecule has 4 rings (SSSR count). The summed E-state index contributed by atoms with van der Waals surface area (Å²) >= 11 is 6.06. The number of amides is 1. The van der Waals surface area contributed by atoms with Gasteiger partial charge in [0.2, 0.25) is 17.6 Å². The van der Waals surface area contributed by atoms with E-state index < -0.39 is 0 Å². The van der Waals surface area contributed by atoms with E-state index in [4.69, 9.17) is 25.6 Å². The molecule has 0 saturated carbocycles. The highest BCUT2D eigenvalue weighted by atomic mass is 35.5. The van der Waals surface area contributed by atoms with Crippen molar-refractivity contribution in [1.29, 1.82) is 0 Å². The van der Waals surface area contributed by atoms with Gasteiger partial charge >= 0.3 is 0 Å². The zero-order valence-electron chi connectivity index (χ0n) is 20.3. The second-order valence-electron chi connectivity index (χ2n) is 8.97. The highest BCUT2D eigenvalue weighted by Gasteiger charge is 2.27. The first-order chi connectivity index (χ1) is 16.9. The smallest absolute Gasteiger partial charge is 0.241 e. The van der Waals surface area contributed by atoms with Gasteiger partial charge in [0.05, 0.1) is 25.7 Å². The number of rotatable bonds is 9. The number of nitrogens with zero attached hydrogens (tertiary/aromatic N) is 3. The van der Waals surface area contributed by atoms with E-state index in [-0.39, 0.29) is 17.9 Å². The molecular formula is C26H31ClN4O4. The molecule has 1 atom stereocenters. The number of hydrogen-bond acceptors (Lipinski definition) is 7. The molecule has 0 spiro atoms. The zero-order valence-corrected chi connectivity index (χ0v) is 21.0. The number of ether oxygens (including phenoxy) is 2. The molecule has 1 aromatic heterocycles. The van der Waals surface area contributed by atoms with Gasteiger partial charge in [0.25, 0.3) is 0 Å². The van der Waals surface area contributed by atoms with Crippen LogP contribution < -0.4 is 14.8 Å². The van der Waals surface area contributed by atoms with Crippen LogP contribution in [0.4, 0.5) is 0 Å². The topological polar surface area (TPSA) is 89.7 Å². The number of piperidine rings is 1. The summed E-state index contributed by atoms with van der Waals surface area (Å²) in [6.07, 6.45) is 1.84. The van der Waals surface area contributed by atoms with Crippen molar-refractivity contribution < 1.29 is 18.8 Å². The van der Waals surface area contributed by atoms with Gasteiger partial charge in [-0.25, -0.2) is 0 Å². The molecule has 1 N–H and O–H groups in total. The van der Waals surface area contributed by atoms with Gasteiger partial charge in [-0.1, -0.05) is 35.0 Å². The lowest BCUT2D eigenvalue weighted by Gasteiger charge is -2.30. The summed E-state index contributed by atoms with van der Waals surface area (Å²) in [5.74, 6) is 2.34. The average Bonchev–Trinajstić information content (AvgIpc) is 3.31. The van der Waals surface area contributed by atoms with E-state index in [0.717, 1.165) is 30.5 Å². The van der Waals surface area contributed by atoms with E-state index in [9.17, 15) is 4.79 Å². The Balaban J connectivity index is 1.31. The minimum Gasteiger partial charge on any atom is -0.493 e. The molecule has 1 amide bonds. The Labute approximate surface area is 210 Å². The first kappa shape index (κ1) is 25.0. The second kappa shape index (κ2) is 11.6. The first-order valence-corrected chi connectivity index (χ1v) is 12.2. The Hall–Kier alpha value is -3.10. The van der Waals surface area contributed by atoms with Crippen LogP contribution in [-0.2, 0) is 17.9 Å². The summed E-state index contributed by atoms with van der Waals surface area (Å²) < 4.78 is 16.7. The number of aromatic nitrogens is 2. The Bertz CT molecular complexity index is 1150. The molecule has 2 aromatic carbocycles. The Morgan fingerprint density at radius 2 is 2.11 bits per heavy atom. The van der Waals surface area contributed by atoms with Gasteiger partial charge in [0.15, 0.2) is 11.5 Å². The van der Waals surface area contributed by atoms with Crippen LogP contribution in [0, 0.1) is 5.92 Å². The maximum absolute atomic E-state index is 12.9. The molecule has 0 bridgehead atoms. The third-order valence-electron chi connectivity index (χ3n) is 5.84. The van der Waals surface area contributed by atoms with Gasteiger partial charge < -0.3 is 19.3 Å². The first-order valence-electron chi connectivity index (χ1n) is 11.8. The van der Waals surface area contributed by atoms with Gasteiger partial charge in [0.1, 0.15) is 0 Å². The quantitative estimate of drug-likeness (QED) is 0.456. The van der Waals surface area contributed by atoms with Crippen molar-refractivity contribution >= 4 is 17.5 Å². The summed E-state index contributed by atoms with van der Waals surface area (Å²) in [5.41, 5.74) is 1.77. The molecule has 8 nitrogen and oxygen atoms in total. The molecule has 186 valence electrons. The van der Waals surface area contributed by atoms with Crippen molar-refractivity contribution in [3.63, 3.8) is 0 Å². The third-order valence-corrected chi connectivity index (χ3v) is 6.08. The summed E-state index contributed by atoms with van der Waals surface area (Å²) in [6, 6.07) is 13.1. The van der Waals surface area contributed by atoms with Crippen LogP contribution in [0.5, 0.6) is 11.5 Å². The summed E-state index contributed by atoms with van der Waals surface area (Å²) in [5, 5.41) is 7.77. The monoisotopic (exact) mass is 498 g/mol. The predicted octanol–water partition coefficient (Wildman–Crippen LogP) is 4.71. The summed E-state index contributed by atoms with van der Waals surface area (Å²) in [7, 11) is 1.61. The van der Waals surface area contributed by atoms with Gasteiger partial charge in [0, 0.05) is 23.7 Å². The molecule has 1 unspecified atom stereocenters. The van der Waals surface area contributed by atoms with Crippen LogP contribution in [0.25, 0.3) is 11.4 Å². The minimum absolute atomic E-state index is 0.0429. The van der Waals surface area contributed by atoms with Gasteiger partial charge in [-0.2, -0.15) is 4.98 Å². The number of benzene rings is 2. The van der Waals surface area contributed by atoms with Crippen LogP contribution >= 0.6 is 11.6 Å². The average molecular weight is 499 g/mol. The number of hydrogen-bond donors (Lipinski definition) is 1. The van der Waals surface area contributed by atoms with Crippen LogP contribution in [-0.4, -0.2) is 47.3 Å². The molecule has 2 heterocycles. The summed E-state index contributed by atoms with van der Waals surface area (Å²) in [6.45, 7) is 6.40. The third kappa shape index (κ3) is 6.74. The normalized spacial score (nSPS) is 16.3. The fourth-order valence-corrected chi connectivity index (χ4v) is 4.37. The van der Waals surface area contributed by atoms with Crippen molar-refractivity contribution in [3.05, 3.63) is 58.9 Å². The molecule has 1 aliphatic rings. The lowest BCUT2D eigenvalue weighted by molar-refractivity contribution is -0.127. The lowest BCUT2D eigenvalue weighted by Crippen LogP contribution is -2.42. The van der Waals surface area contributed by atoms with Crippen LogP contribution in [0.2, 0.25) is 5.02 Å². The van der Waals surface area contributed by atoms with Crippen LogP contribution in [0.3, 0.4) is 0 Å². The number of likely N-dealkylation sites (tertiary alicyclic amines) is 1. The van der Waals surface area contributed by atoms with E-state index in [1.54, 1.807) is 19.2 Å². The van der Waals surface area contributed by atoms with Crippen molar-refractivity contribution in [3.8, 4) is 22.9 Å². The van der Waals surface area contributed by atoms with Gasteiger partial charge in [-0.15, -0.1) is 0 Å². The lowest BCUT2D eigenvalue weighted by atomic mass is 9.97. The maximum atomic E-state index is 12.9. The number of methoxy groups -OCH3 is 1. The van der Waals surface area contributed by atoms with E-state index in [1.807, 2.05) is 44.2 Å². The molecule has 1 fully saturated rings. The van der Waals surface area contributed by atoms with Crippen molar-refractivity contribution in [2.75, 3.05) is 20.2 Å². The van der Waals surface area contributed by atoms with Crippen molar-refractivity contribution in [1.82, 2.24) is 20.4 Å². The van der Waals surface area contributed by atoms with E-state index in [0.29, 0.717) is 47.9 Å². The Kier molecular flexibility index (Phi) is 8.25. The highest BCUT2D eigenvalue weighted by molar-refractivity contribution is 6.30. The maximum Gasteiger partial charge on any atom is 0.241 e. The molecule has 9 heteroatoms. The van der Waals surface area contributed by atoms with E-state index in [2.05, 4.69) is 20.4 Å². The fourth-order valence-electron chi connectivity index (χ4n) is 4.18. The summed E-state index contributed by atoms with van der Waals surface area (Å²) in [4.78, 5) is 19.6. The molecule has 0 aliphatic carbocycles. The van der Waals surface area contributed by atoms with Crippen molar-refractivity contribution in [2.24, 2.45) is 5.92 Å². The Morgan fingerprint density at radius 3 is 2.89 bits per heavy atom. The number of carbonyl (C=O) groups excluding carboxylic acids is 1. The molecule has 0 radical (unpaired) electrons. The van der Waals surface area contributed by atoms with E-state index in [1.165, 1.54) is 0 Å². The van der Waals surface area contributed by atoms with Gasteiger partial charge in [-0.05, 0) is 63.1 Å². The van der Waals surface area contributed by atoms with Crippen LogP contribution in [0.1, 0.15) is 38.1 Å². The predicted molar refractivity (Wildman–Crippen MR) is 133 cm³/mol. The number of nitrogens with one attached hydrogen (secondary N) is 1. The van der Waals surface area contributed by atoms with Crippen molar-refractivity contribution in [2.45, 2.75) is 45.9 Å². The molecule has 1 aliphatic heterocycles. The molecule has 3 aromatic rings. The number of halogens is 1. The molecule has 35 heavy (non-hydrogen) atoms. The van der Waals surface area contributed by atoms with E-state index >= 15 is 0 Å². The molecular weight excluding hydrogens is 468 g/mol. The fraction of sp³-hybridized carbons (Fsp3) is 0.423. The molecule has 1 saturated heterocycles. The highest BCUT2D eigenvalue weighted by Crippen LogP contribution is 2.29.